The molecule has 3 aromatic carbocycles. The second-order valence-electron chi connectivity index (χ2n) is 9.70. The first-order valence-corrected chi connectivity index (χ1v) is 12.8. The molecule has 0 saturated carbocycles. The average Bonchev–Trinajstić information content (AvgIpc) is 3.46. The number of allylic oxidation sites excluding steroid dienone is 1. The molecule has 1 aliphatic carbocycles. The Morgan fingerprint density at radius 3 is 2.41 bits per heavy atom. The topological polar surface area (TPSA) is 82.1 Å². The normalized spacial score (nSPS) is 25.3. The van der Waals surface area contributed by atoms with Crippen LogP contribution in [0.1, 0.15) is 22.6 Å². The third kappa shape index (κ3) is 3.28. The van der Waals surface area contributed by atoms with Crippen molar-refractivity contribution in [1.29, 1.82) is 0 Å². The molecule has 7 nitrogen and oxygen atoms in total. The first-order chi connectivity index (χ1) is 17.9. The van der Waals surface area contributed by atoms with Crippen LogP contribution in [0.15, 0.2) is 71.2 Å². The first kappa shape index (κ1) is 22.3. The van der Waals surface area contributed by atoms with Crippen molar-refractivity contribution in [3.8, 4) is 17.2 Å². The Hall–Kier alpha value is -3.91. The Kier molecular flexibility index (Phi) is 4.85. The Bertz CT molecular complexity index is 1540. The molecule has 0 aromatic heterocycles. The molecule has 4 atom stereocenters. The molecule has 0 radical (unpaired) electrons. The molecule has 1 fully saturated rings. The summed E-state index contributed by atoms with van der Waals surface area (Å²) in [6.45, 7) is 2.06. The van der Waals surface area contributed by atoms with Gasteiger partial charge < -0.3 is 14.2 Å². The van der Waals surface area contributed by atoms with Crippen molar-refractivity contribution in [2.24, 2.45) is 17.8 Å². The maximum Gasteiger partial charge on any atom is 0.319 e. The van der Waals surface area contributed by atoms with Crippen LogP contribution in [0.5, 0.6) is 17.2 Å². The number of carbonyl (C=O) groups excluding carboxylic acids is 3. The van der Waals surface area contributed by atoms with Gasteiger partial charge in [-0.15, -0.1) is 0 Å². The molecule has 1 saturated heterocycles. The molecule has 0 unspecified atom stereocenters. The van der Waals surface area contributed by atoms with Gasteiger partial charge in [-0.3, -0.25) is 14.4 Å². The summed E-state index contributed by atoms with van der Waals surface area (Å²) in [6, 6.07) is 18.3. The number of esters is 1. The van der Waals surface area contributed by atoms with Gasteiger partial charge in [-0.1, -0.05) is 40.2 Å². The number of halogens is 1. The molecule has 8 heteroatoms. The fourth-order valence-corrected chi connectivity index (χ4v) is 6.22. The van der Waals surface area contributed by atoms with E-state index in [4.69, 9.17) is 14.2 Å². The second kappa shape index (κ2) is 8.05. The Morgan fingerprint density at radius 2 is 1.59 bits per heavy atom. The molecular formula is C29H20BrNO6. The van der Waals surface area contributed by atoms with Gasteiger partial charge in [0.25, 0.3) is 0 Å². The molecule has 7 rings (SSSR count). The molecule has 3 aliphatic heterocycles. The molecule has 4 aliphatic rings. The number of aryl methyl sites for hydroxylation is 1. The molecule has 0 bridgehead atoms. The Balaban J connectivity index is 1.42. The van der Waals surface area contributed by atoms with E-state index >= 15 is 0 Å². The predicted molar refractivity (Wildman–Crippen MR) is 137 cm³/mol. The van der Waals surface area contributed by atoms with Gasteiger partial charge in [-0.05, 0) is 66.1 Å². The minimum atomic E-state index is -0.895. The highest BCUT2D eigenvalue weighted by atomic mass is 79.9. The van der Waals surface area contributed by atoms with Crippen LogP contribution >= 0.6 is 15.9 Å². The lowest BCUT2D eigenvalue weighted by atomic mass is 9.64. The van der Waals surface area contributed by atoms with E-state index in [1.807, 2.05) is 49.4 Å². The van der Waals surface area contributed by atoms with Crippen molar-refractivity contribution in [1.82, 2.24) is 0 Å². The van der Waals surface area contributed by atoms with Gasteiger partial charge in [0.05, 0.1) is 23.4 Å². The molecule has 3 heterocycles. The zero-order chi connectivity index (χ0) is 25.4. The highest BCUT2D eigenvalue weighted by Gasteiger charge is 2.60. The summed E-state index contributed by atoms with van der Waals surface area (Å²) in [7, 11) is 0. The zero-order valence-corrected chi connectivity index (χ0v) is 21.2. The van der Waals surface area contributed by atoms with Crippen molar-refractivity contribution < 1.29 is 28.6 Å². The van der Waals surface area contributed by atoms with E-state index in [0.29, 0.717) is 28.5 Å². The highest BCUT2D eigenvalue weighted by Crippen LogP contribution is 2.55. The smallest absolute Gasteiger partial charge is 0.319 e. The number of benzene rings is 3. The zero-order valence-electron chi connectivity index (χ0n) is 19.6. The number of amides is 2. The van der Waals surface area contributed by atoms with E-state index in [0.717, 1.165) is 21.2 Å². The number of nitrogens with zero attached hydrogens (tertiary/aromatic N) is 1. The van der Waals surface area contributed by atoms with Crippen LogP contribution in [0.4, 0.5) is 5.69 Å². The van der Waals surface area contributed by atoms with Crippen LogP contribution in [0.2, 0.25) is 0 Å². The summed E-state index contributed by atoms with van der Waals surface area (Å²) in [6.07, 6.45) is 1.97. The molecule has 37 heavy (non-hydrogen) atoms. The summed E-state index contributed by atoms with van der Waals surface area (Å²) >= 11 is 3.40. The maximum atomic E-state index is 14.0. The van der Waals surface area contributed by atoms with Crippen LogP contribution in [0, 0.1) is 24.7 Å². The summed E-state index contributed by atoms with van der Waals surface area (Å²) in [5, 5.41) is 0. The number of rotatable bonds is 2. The number of hydrogen-bond donors (Lipinski definition) is 0. The summed E-state index contributed by atoms with van der Waals surface area (Å²) in [5.74, 6) is -2.55. The lowest BCUT2D eigenvalue weighted by Gasteiger charge is -2.38. The summed E-state index contributed by atoms with van der Waals surface area (Å²) in [4.78, 5) is 42.6. The number of hydrogen-bond acceptors (Lipinski definition) is 6. The number of imide groups is 1. The van der Waals surface area contributed by atoms with E-state index in [1.54, 1.807) is 24.3 Å². The standard InChI is InChI=1S/C29H20BrNO6/c1-14-2-8-18-20-12-19(15-3-9-21-23(11-15)36-13-35-21)24-26(25(20)29(34)37-22(18)10-14)28(33)31(27(24)32)17-6-4-16(30)5-7-17/h2-12,19,24-26H,13H2,1H3/t19-,24+,25-,26-/m1/s1. The third-order valence-electron chi connectivity index (χ3n) is 7.62. The van der Waals surface area contributed by atoms with Gasteiger partial charge in [0.2, 0.25) is 18.6 Å². The molecule has 3 aromatic rings. The summed E-state index contributed by atoms with van der Waals surface area (Å²) < 4.78 is 17.6. The Labute approximate surface area is 220 Å². The van der Waals surface area contributed by atoms with E-state index in [-0.39, 0.29) is 12.7 Å². The number of fused-ring (bicyclic) bond motifs is 6. The SMILES string of the molecule is Cc1ccc2c(c1)OC(=O)[C@@H]1C2=C[C@H](c2ccc3c(c2)OCO3)[C@@H]2C(=O)N(c3ccc(Br)cc3)C(=O)[C@@H]12. The number of ether oxygens (including phenoxy) is 3. The van der Waals surface area contributed by atoms with Crippen LogP contribution in [-0.4, -0.2) is 24.6 Å². The lowest BCUT2D eigenvalue weighted by Crippen LogP contribution is -2.42. The van der Waals surface area contributed by atoms with Crippen LogP contribution in [-0.2, 0) is 14.4 Å². The van der Waals surface area contributed by atoms with E-state index in [1.165, 1.54) is 4.90 Å². The third-order valence-corrected chi connectivity index (χ3v) is 8.15. The van der Waals surface area contributed by atoms with Gasteiger partial charge in [0, 0.05) is 16.0 Å². The van der Waals surface area contributed by atoms with Crippen molar-refractivity contribution in [3.63, 3.8) is 0 Å². The van der Waals surface area contributed by atoms with E-state index in [2.05, 4.69) is 15.9 Å². The van der Waals surface area contributed by atoms with Crippen LogP contribution in [0.25, 0.3) is 5.57 Å². The fourth-order valence-electron chi connectivity index (χ4n) is 5.96. The Morgan fingerprint density at radius 1 is 0.838 bits per heavy atom. The number of carbonyl (C=O) groups is 3. The first-order valence-electron chi connectivity index (χ1n) is 12.0. The van der Waals surface area contributed by atoms with Crippen molar-refractivity contribution >= 4 is 45.0 Å². The van der Waals surface area contributed by atoms with Crippen molar-refractivity contribution in [2.75, 3.05) is 11.7 Å². The molecule has 184 valence electrons. The van der Waals surface area contributed by atoms with Crippen LogP contribution < -0.4 is 19.1 Å². The monoisotopic (exact) mass is 557 g/mol. The minimum Gasteiger partial charge on any atom is -0.454 e. The van der Waals surface area contributed by atoms with Gasteiger partial charge in [0.15, 0.2) is 11.5 Å². The van der Waals surface area contributed by atoms with Gasteiger partial charge in [-0.2, -0.15) is 0 Å². The second-order valence-corrected chi connectivity index (χ2v) is 10.6. The maximum absolute atomic E-state index is 14.0. The number of anilines is 1. The summed E-state index contributed by atoms with van der Waals surface area (Å²) in [5.41, 5.74) is 3.73. The van der Waals surface area contributed by atoms with E-state index in [9.17, 15) is 14.4 Å². The quantitative estimate of drug-likeness (QED) is 0.250. The molecule has 0 spiro atoms. The van der Waals surface area contributed by atoms with Crippen molar-refractivity contribution in [3.05, 3.63) is 87.9 Å². The predicted octanol–water partition coefficient (Wildman–Crippen LogP) is 5.01. The van der Waals surface area contributed by atoms with E-state index < -0.39 is 35.5 Å². The minimum absolute atomic E-state index is 0.131. The molecule has 0 N–H and O–H groups in total. The van der Waals surface area contributed by atoms with Crippen LogP contribution in [0.3, 0.4) is 0 Å². The van der Waals surface area contributed by atoms with Gasteiger partial charge in [-0.25, -0.2) is 4.90 Å². The largest absolute Gasteiger partial charge is 0.454 e. The van der Waals surface area contributed by atoms with Gasteiger partial charge in [0.1, 0.15) is 5.75 Å². The average molecular weight is 558 g/mol. The van der Waals surface area contributed by atoms with Crippen molar-refractivity contribution in [2.45, 2.75) is 12.8 Å². The molecular weight excluding hydrogens is 538 g/mol. The van der Waals surface area contributed by atoms with Gasteiger partial charge >= 0.3 is 5.97 Å². The lowest BCUT2D eigenvalue weighted by molar-refractivity contribution is -0.142. The fraction of sp³-hybridized carbons (Fsp3) is 0.207. The highest BCUT2D eigenvalue weighted by molar-refractivity contribution is 9.10. The molecule has 2 amide bonds.